The highest BCUT2D eigenvalue weighted by molar-refractivity contribution is 9.10. The van der Waals surface area contributed by atoms with Crippen LogP contribution in [0, 0.1) is 5.41 Å². The molecular formula is C12H15BrClNO. The van der Waals surface area contributed by atoms with Gasteiger partial charge < -0.3 is 5.32 Å². The second-order valence-corrected chi connectivity index (χ2v) is 5.61. The highest BCUT2D eigenvalue weighted by Gasteiger charge is 2.25. The van der Waals surface area contributed by atoms with Crippen LogP contribution in [-0.2, 0) is 4.79 Å². The minimum atomic E-state index is -0.362. The summed E-state index contributed by atoms with van der Waals surface area (Å²) in [5, 5.41) is 3.52. The summed E-state index contributed by atoms with van der Waals surface area (Å²) in [6.07, 6.45) is 0.796. The Balaban J connectivity index is 2.85. The summed E-state index contributed by atoms with van der Waals surface area (Å²) in [7, 11) is 0. The minimum absolute atomic E-state index is 0.0121. The van der Waals surface area contributed by atoms with Gasteiger partial charge in [0.05, 0.1) is 5.69 Å². The topological polar surface area (TPSA) is 29.1 Å². The van der Waals surface area contributed by atoms with Crippen LogP contribution in [0.5, 0.6) is 0 Å². The van der Waals surface area contributed by atoms with E-state index in [1.54, 1.807) is 18.2 Å². The average molecular weight is 305 g/mol. The van der Waals surface area contributed by atoms with Crippen LogP contribution in [0.3, 0.4) is 0 Å². The number of carbonyl (C=O) groups excluding carboxylic acids is 1. The van der Waals surface area contributed by atoms with Crippen molar-refractivity contribution in [1.82, 2.24) is 0 Å². The van der Waals surface area contributed by atoms with Crippen molar-refractivity contribution < 1.29 is 4.79 Å². The molecule has 1 aromatic carbocycles. The number of halogens is 2. The van der Waals surface area contributed by atoms with E-state index in [0.717, 1.165) is 16.6 Å². The summed E-state index contributed by atoms with van der Waals surface area (Å²) >= 11 is 9.19. The summed E-state index contributed by atoms with van der Waals surface area (Å²) in [5.41, 5.74) is 0.384. The van der Waals surface area contributed by atoms with Crippen molar-refractivity contribution >= 4 is 39.1 Å². The summed E-state index contributed by atoms with van der Waals surface area (Å²) in [5.74, 6) is 0.0121. The Kier molecular flexibility index (Phi) is 4.39. The maximum atomic E-state index is 11.9. The first-order chi connectivity index (χ1) is 7.36. The maximum Gasteiger partial charge on any atom is 0.230 e. The monoisotopic (exact) mass is 303 g/mol. The molecule has 88 valence electrons. The predicted octanol–water partition coefficient (Wildman–Crippen LogP) is 4.48. The second kappa shape index (κ2) is 5.19. The lowest BCUT2D eigenvalue weighted by atomic mass is 9.89. The van der Waals surface area contributed by atoms with Crippen LogP contribution in [0.1, 0.15) is 27.2 Å². The third-order valence-corrected chi connectivity index (χ3v) is 3.57. The van der Waals surface area contributed by atoms with Gasteiger partial charge in [-0.05, 0) is 40.5 Å². The van der Waals surface area contributed by atoms with Gasteiger partial charge in [0, 0.05) is 14.9 Å². The molecule has 0 aliphatic carbocycles. The molecular weight excluding hydrogens is 289 g/mol. The standard InChI is InChI=1S/C12H15BrClNO/c1-4-12(2,3)11(16)15-10-6-5-8(14)7-9(10)13/h5-7H,4H2,1-3H3,(H,15,16). The largest absolute Gasteiger partial charge is 0.325 e. The first-order valence-electron chi connectivity index (χ1n) is 5.13. The van der Waals surface area contributed by atoms with Crippen LogP contribution in [-0.4, -0.2) is 5.91 Å². The Bertz CT molecular complexity index is 404. The molecule has 1 rings (SSSR count). The molecule has 1 N–H and O–H groups in total. The number of hydrogen-bond acceptors (Lipinski definition) is 1. The predicted molar refractivity (Wildman–Crippen MR) is 71.9 cm³/mol. The lowest BCUT2D eigenvalue weighted by molar-refractivity contribution is -0.124. The number of rotatable bonds is 3. The van der Waals surface area contributed by atoms with Crippen LogP contribution >= 0.6 is 27.5 Å². The molecule has 0 radical (unpaired) electrons. The van der Waals surface area contributed by atoms with Gasteiger partial charge in [-0.1, -0.05) is 32.4 Å². The van der Waals surface area contributed by atoms with Gasteiger partial charge in [0.15, 0.2) is 0 Å². The van der Waals surface area contributed by atoms with Gasteiger partial charge in [-0.3, -0.25) is 4.79 Å². The molecule has 0 spiro atoms. The first-order valence-corrected chi connectivity index (χ1v) is 6.30. The zero-order valence-electron chi connectivity index (χ0n) is 9.60. The van der Waals surface area contributed by atoms with Gasteiger partial charge in [-0.25, -0.2) is 0 Å². The minimum Gasteiger partial charge on any atom is -0.325 e. The van der Waals surface area contributed by atoms with Crippen LogP contribution in [0.15, 0.2) is 22.7 Å². The zero-order valence-corrected chi connectivity index (χ0v) is 11.9. The van der Waals surface area contributed by atoms with Gasteiger partial charge in [-0.15, -0.1) is 0 Å². The number of anilines is 1. The van der Waals surface area contributed by atoms with Crippen LogP contribution < -0.4 is 5.32 Å². The SMILES string of the molecule is CCC(C)(C)C(=O)Nc1ccc(Cl)cc1Br. The molecule has 0 atom stereocenters. The van der Waals surface area contributed by atoms with E-state index in [4.69, 9.17) is 11.6 Å². The maximum absolute atomic E-state index is 11.9. The lowest BCUT2D eigenvalue weighted by Gasteiger charge is -2.21. The Morgan fingerprint density at radius 2 is 2.12 bits per heavy atom. The van der Waals surface area contributed by atoms with Gasteiger partial charge >= 0.3 is 0 Å². The Hall–Kier alpha value is -0.540. The molecule has 16 heavy (non-hydrogen) atoms. The number of hydrogen-bond donors (Lipinski definition) is 1. The zero-order chi connectivity index (χ0) is 12.3. The van der Waals surface area contributed by atoms with Crippen molar-refractivity contribution in [2.24, 2.45) is 5.41 Å². The van der Waals surface area contributed by atoms with E-state index in [1.807, 2.05) is 20.8 Å². The van der Waals surface area contributed by atoms with E-state index in [9.17, 15) is 4.79 Å². The van der Waals surface area contributed by atoms with Crippen molar-refractivity contribution in [3.63, 3.8) is 0 Å². The highest BCUT2D eigenvalue weighted by atomic mass is 79.9. The van der Waals surface area contributed by atoms with Crippen molar-refractivity contribution in [3.05, 3.63) is 27.7 Å². The van der Waals surface area contributed by atoms with Gasteiger partial charge in [-0.2, -0.15) is 0 Å². The molecule has 1 amide bonds. The van der Waals surface area contributed by atoms with E-state index < -0.39 is 0 Å². The molecule has 0 heterocycles. The Morgan fingerprint density at radius 3 is 2.62 bits per heavy atom. The molecule has 0 aliphatic heterocycles. The van der Waals surface area contributed by atoms with Gasteiger partial charge in [0.25, 0.3) is 0 Å². The molecule has 4 heteroatoms. The van der Waals surface area contributed by atoms with Crippen molar-refractivity contribution in [2.75, 3.05) is 5.32 Å². The van der Waals surface area contributed by atoms with Crippen LogP contribution in [0.2, 0.25) is 5.02 Å². The molecule has 0 saturated carbocycles. The fraction of sp³-hybridized carbons (Fsp3) is 0.417. The molecule has 2 nitrogen and oxygen atoms in total. The van der Waals surface area contributed by atoms with E-state index >= 15 is 0 Å². The Labute approximate surface area is 110 Å². The molecule has 0 aliphatic rings. The molecule has 1 aromatic rings. The quantitative estimate of drug-likeness (QED) is 0.876. The number of benzene rings is 1. The van der Waals surface area contributed by atoms with E-state index in [2.05, 4.69) is 21.2 Å². The first kappa shape index (κ1) is 13.5. The van der Waals surface area contributed by atoms with Gasteiger partial charge in [0.2, 0.25) is 5.91 Å². The fourth-order valence-electron chi connectivity index (χ4n) is 1.04. The fourth-order valence-corrected chi connectivity index (χ4v) is 1.82. The number of nitrogens with one attached hydrogen (secondary N) is 1. The van der Waals surface area contributed by atoms with E-state index in [1.165, 1.54) is 0 Å². The molecule has 0 unspecified atom stereocenters. The molecule has 0 fully saturated rings. The Morgan fingerprint density at radius 1 is 1.50 bits per heavy atom. The molecule has 0 saturated heterocycles. The van der Waals surface area contributed by atoms with Crippen molar-refractivity contribution in [2.45, 2.75) is 27.2 Å². The normalized spacial score (nSPS) is 11.3. The second-order valence-electron chi connectivity index (χ2n) is 4.32. The van der Waals surface area contributed by atoms with E-state index in [0.29, 0.717) is 5.02 Å². The number of amides is 1. The van der Waals surface area contributed by atoms with Crippen molar-refractivity contribution in [3.8, 4) is 0 Å². The smallest absolute Gasteiger partial charge is 0.230 e. The average Bonchev–Trinajstić information content (AvgIpc) is 2.22. The lowest BCUT2D eigenvalue weighted by Crippen LogP contribution is -2.30. The summed E-state index contributed by atoms with van der Waals surface area (Å²) in [6, 6.07) is 5.30. The van der Waals surface area contributed by atoms with Crippen LogP contribution in [0.4, 0.5) is 5.69 Å². The summed E-state index contributed by atoms with van der Waals surface area (Å²) in [6.45, 7) is 5.84. The summed E-state index contributed by atoms with van der Waals surface area (Å²) < 4.78 is 0.792. The third kappa shape index (κ3) is 3.22. The molecule has 0 bridgehead atoms. The third-order valence-electron chi connectivity index (χ3n) is 2.68. The summed E-state index contributed by atoms with van der Waals surface area (Å²) in [4.78, 5) is 11.9. The number of carbonyl (C=O) groups is 1. The van der Waals surface area contributed by atoms with Crippen molar-refractivity contribution in [1.29, 1.82) is 0 Å². The van der Waals surface area contributed by atoms with E-state index in [-0.39, 0.29) is 11.3 Å². The van der Waals surface area contributed by atoms with Gasteiger partial charge in [0.1, 0.15) is 0 Å². The van der Waals surface area contributed by atoms with Crippen LogP contribution in [0.25, 0.3) is 0 Å². The highest BCUT2D eigenvalue weighted by Crippen LogP contribution is 2.28. The molecule has 0 aromatic heterocycles.